The number of amides is 1. The lowest BCUT2D eigenvalue weighted by Crippen LogP contribution is -2.21. The van der Waals surface area contributed by atoms with Crippen molar-refractivity contribution in [2.75, 3.05) is 23.0 Å². The second-order valence-corrected chi connectivity index (χ2v) is 9.55. The maximum absolute atomic E-state index is 13.6. The van der Waals surface area contributed by atoms with Crippen molar-refractivity contribution in [3.63, 3.8) is 0 Å². The molecule has 7 heteroatoms. The van der Waals surface area contributed by atoms with Gasteiger partial charge < -0.3 is 4.90 Å². The normalized spacial score (nSPS) is 14.4. The molecule has 5 nitrogen and oxygen atoms in total. The molecule has 1 aliphatic rings. The third-order valence-electron chi connectivity index (χ3n) is 6.07. The molecule has 0 atom stereocenters. The second-order valence-electron chi connectivity index (χ2n) is 8.28. The van der Waals surface area contributed by atoms with E-state index in [9.17, 15) is 4.79 Å². The number of hydrazone groups is 1. The first-order valence-electron chi connectivity index (χ1n) is 11.8. The van der Waals surface area contributed by atoms with Gasteiger partial charge in [0.25, 0.3) is 5.91 Å². The summed E-state index contributed by atoms with van der Waals surface area (Å²) in [6.45, 7) is 6.18. The average Bonchev–Trinajstić information content (AvgIpc) is 3.52. The summed E-state index contributed by atoms with van der Waals surface area (Å²) in [6.07, 6.45) is 1.91. The summed E-state index contributed by atoms with van der Waals surface area (Å²) in [5.74, 6) is -0.196. The molecule has 4 aromatic rings. The minimum absolute atomic E-state index is 0.196. The van der Waals surface area contributed by atoms with Gasteiger partial charge in [0.2, 0.25) is 5.13 Å². The highest BCUT2D eigenvalue weighted by molar-refractivity contribution is 7.14. The van der Waals surface area contributed by atoms with E-state index in [4.69, 9.17) is 21.7 Å². The number of benzene rings is 3. The predicted molar refractivity (Wildman–Crippen MR) is 151 cm³/mol. The van der Waals surface area contributed by atoms with E-state index >= 15 is 0 Å². The standard InChI is InChI=1S/C29H25ClN4OS/c1-3-33(4-2)24-16-10-20(11-17-24)18-25-27(22-8-6-5-7-9-22)32-34(28(25)35)29-31-26(19-36-29)21-12-14-23(30)15-13-21/h5-19H,3-4H2,1-2H3/b25-18-. The lowest BCUT2D eigenvalue weighted by molar-refractivity contribution is -0.114. The van der Waals surface area contributed by atoms with Crippen molar-refractivity contribution >= 4 is 51.5 Å². The molecular formula is C29H25ClN4OS. The maximum atomic E-state index is 13.6. The molecule has 0 spiro atoms. The van der Waals surface area contributed by atoms with E-state index in [1.807, 2.05) is 78.2 Å². The maximum Gasteiger partial charge on any atom is 0.283 e. The number of anilines is 2. The van der Waals surface area contributed by atoms with Crippen LogP contribution in [0.5, 0.6) is 0 Å². The van der Waals surface area contributed by atoms with Crippen LogP contribution >= 0.6 is 22.9 Å². The monoisotopic (exact) mass is 512 g/mol. The van der Waals surface area contributed by atoms with Gasteiger partial charge in [-0.05, 0) is 49.8 Å². The second kappa shape index (κ2) is 10.5. The number of hydrogen-bond acceptors (Lipinski definition) is 5. The molecule has 0 N–H and O–H groups in total. The number of nitrogens with zero attached hydrogens (tertiary/aromatic N) is 4. The van der Waals surface area contributed by atoms with Crippen LogP contribution in [0.3, 0.4) is 0 Å². The van der Waals surface area contributed by atoms with E-state index in [-0.39, 0.29) is 5.91 Å². The number of carbonyl (C=O) groups excluding carboxylic acids is 1. The molecule has 36 heavy (non-hydrogen) atoms. The van der Waals surface area contributed by atoms with Crippen molar-refractivity contribution in [1.82, 2.24) is 4.98 Å². The molecule has 5 rings (SSSR count). The van der Waals surface area contributed by atoms with Gasteiger partial charge in [0.15, 0.2) is 0 Å². The number of aromatic nitrogens is 1. The Morgan fingerprint density at radius 3 is 2.28 bits per heavy atom. The Labute approximate surface area is 220 Å². The molecule has 0 saturated carbocycles. The fourth-order valence-corrected chi connectivity index (χ4v) is 5.04. The summed E-state index contributed by atoms with van der Waals surface area (Å²) in [6, 6.07) is 25.5. The summed E-state index contributed by atoms with van der Waals surface area (Å²) in [4.78, 5) is 20.6. The summed E-state index contributed by atoms with van der Waals surface area (Å²) in [5.41, 5.74) is 5.88. The highest BCUT2D eigenvalue weighted by Gasteiger charge is 2.33. The molecule has 0 fully saturated rings. The largest absolute Gasteiger partial charge is 0.372 e. The Balaban J connectivity index is 1.50. The van der Waals surface area contributed by atoms with Crippen molar-refractivity contribution in [2.45, 2.75) is 13.8 Å². The average molecular weight is 513 g/mol. The third-order valence-corrected chi connectivity index (χ3v) is 7.14. The number of hydrogen-bond donors (Lipinski definition) is 0. The Morgan fingerprint density at radius 2 is 1.61 bits per heavy atom. The molecular weight excluding hydrogens is 488 g/mol. The number of halogens is 1. The topological polar surface area (TPSA) is 48.8 Å². The molecule has 0 unspecified atom stereocenters. The van der Waals surface area contributed by atoms with Crippen molar-refractivity contribution < 1.29 is 4.79 Å². The van der Waals surface area contributed by atoms with Gasteiger partial charge in [-0.1, -0.05) is 66.2 Å². The van der Waals surface area contributed by atoms with Crippen LogP contribution in [0.25, 0.3) is 17.3 Å². The Morgan fingerprint density at radius 1 is 0.917 bits per heavy atom. The van der Waals surface area contributed by atoms with Crippen LogP contribution in [0.2, 0.25) is 5.02 Å². The van der Waals surface area contributed by atoms with Gasteiger partial charge in [-0.25, -0.2) is 4.98 Å². The smallest absolute Gasteiger partial charge is 0.283 e. The van der Waals surface area contributed by atoms with E-state index in [0.717, 1.165) is 41.2 Å². The van der Waals surface area contributed by atoms with Gasteiger partial charge >= 0.3 is 0 Å². The summed E-state index contributed by atoms with van der Waals surface area (Å²) in [5, 5.41) is 9.26. The van der Waals surface area contributed by atoms with Crippen LogP contribution in [0.15, 0.2) is 94.9 Å². The zero-order valence-electron chi connectivity index (χ0n) is 20.1. The van der Waals surface area contributed by atoms with Crippen LogP contribution in [0.1, 0.15) is 25.0 Å². The lowest BCUT2D eigenvalue weighted by Gasteiger charge is -2.20. The van der Waals surface area contributed by atoms with E-state index < -0.39 is 0 Å². The Bertz CT molecular complexity index is 1420. The molecule has 0 aliphatic carbocycles. The molecule has 0 radical (unpaired) electrons. The van der Waals surface area contributed by atoms with Gasteiger partial charge in [0.1, 0.15) is 5.71 Å². The van der Waals surface area contributed by atoms with Crippen LogP contribution < -0.4 is 9.91 Å². The molecule has 1 aromatic heterocycles. The quantitative estimate of drug-likeness (QED) is 0.247. The van der Waals surface area contributed by atoms with E-state index in [2.05, 4.69) is 30.9 Å². The fourth-order valence-electron chi connectivity index (χ4n) is 4.14. The Kier molecular flexibility index (Phi) is 6.98. The summed E-state index contributed by atoms with van der Waals surface area (Å²) >= 11 is 7.41. The van der Waals surface area contributed by atoms with Gasteiger partial charge in [-0.15, -0.1) is 11.3 Å². The first-order chi connectivity index (χ1) is 17.6. The van der Waals surface area contributed by atoms with Gasteiger partial charge in [0, 0.05) is 40.3 Å². The van der Waals surface area contributed by atoms with E-state index in [0.29, 0.717) is 21.4 Å². The number of rotatable bonds is 7. The van der Waals surface area contributed by atoms with E-state index in [1.165, 1.54) is 16.3 Å². The van der Waals surface area contributed by atoms with Gasteiger partial charge in [0.05, 0.1) is 11.3 Å². The zero-order valence-corrected chi connectivity index (χ0v) is 21.6. The fraction of sp³-hybridized carbons (Fsp3) is 0.138. The van der Waals surface area contributed by atoms with Crippen molar-refractivity contribution in [1.29, 1.82) is 0 Å². The minimum Gasteiger partial charge on any atom is -0.372 e. The van der Waals surface area contributed by atoms with Gasteiger partial charge in [-0.2, -0.15) is 10.1 Å². The summed E-state index contributed by atoms with van der Waals surface area (Å²) in [7, 11) is 0. The highest BCUT2D eigenvalue weighted by Crippen LogP contribution is 2.33. The zero-order chi connectivity index (χ0) is 25.1. The minimum atomic E-state index is -0.196. The molecule has 2 heterocycles. The molecule has 3 aromatic carbocycles. The molecule has 0 saturated heterocycles. The van der Waals surface area contributed by atoms with E-state index in [1.54, 1.807) is 0 Å². The van der Waals surface area contributed by atoms with Crippen molar-refractivity contribution in [2.24, 2.45) is 5.10 Å². The summed E-state index contributed by atoms with van der Waals surface area (Å²) < 4.78 is 0. The first-order valence-corrected chi connectivity index (χ1v) is 13.1. The number of thiazole rings is 1. The molecule has 1 amide bonds. The highest BCUT2D eigenvalue weighted by atomic mass is 35.5. The Hall–Kier alpha value is -3.74. The molecule has 1 aliphatic heterocycles. The molecule has 180 valence electrons. The van der Waals surface area contributed by atoms with Crippen LogP contribution in [-0.2, 0) is 4.79 Å². The van der Waals surface area contributed by atoms with Crippen LogP contribution in [0.4, 0.5) is 10.8 Å². The van der Waals surface area contributed by atoms with Crippen LogP contribution in [-0.4, -0.2) is 29.7 Å². The van der Waals surface area contributed by atoms with Gasteiger partial charge in [-0.3, -0.25) is 4.79 Å². The predicted octanol–water partition coefficient (Wildman–Crippen LogP) is 7.14. The third kappa shape index (κ3) is 4.83. The van der Waals surface area contributed by atoms with Crippen molar-refractivity contribution in [3.8, 4) is 11.3 Å². The first kappa shape index (κ1) is 24.0. The van der Waals surface area contributed by atoms with Crippen molar-refractivity contribution in [3.05, 3.63) is 106 Å². The van der Waals surface area contributed by atoms with Crippen LogP contribution in [0, 0.1) is 0 Å². The molecule has 0 bridgehead atoms. The number of carbonyl (C=O) groups is 1. The SMILES string of the molecule is CCN(CC)c1ccc(/C=C2\C(=O)N(c3nc(-c4ccc(Cl)cc4)cs3)N=C2c2ccccc2)cc1. The lowest BCUT2D eigenvalue weighted by atomic mass is 10.0.